The molecule has 0 amide bonds. The molecule has 0 unspecified atom stereocenters. The number of hydrogen-bond acceptors (Lipinski definition) is 1. The SMILES string of the molecule is C1=C[C@H]2O[C@@H]1c1c2ccc2[nH]ccc12. The van der Waals surface area contributed by atoms with E-state index in [1.165, 1.54) is 22.0 Å². The Labute approximate surface area is 81.2 Å². The van der Waals surface area contributed by atoms with Crippen molar-refractivity contribution in [2.24, 2.45) is 0 Å². The van der Waals surface area contributed by atoms with Gasteiger partial charge >= 0.3 is 0 Å². The summed E-state index contributed by atoms with van der Waals surface area (Å²) in [6.45, 7) is 0. The van der Waals surface area contributed by atoms with Crippen molar-refractivity contribution >= 4 is 10.9 Å². The Morgan fingerprint density at radius 1 is 1.07 bits per heavy atom. The lowest BCUT2D eigenvalue weighted by Crippen LogP contribution is -1.92. The summed E-state index contributed by atoms with van der Waals surface area (Å²) in [5, 5.41) is 1.30. The number of rotatable bonds is 0. The number of fused-ring (bicyclic) bond motifs is 7. The van der Waals surface area contributed by atoms with E-state index in [1.54, 1.807) is 0 Å². The van der Waals surface area contributed by atoms with Gasteiger partial charge in [-0.15, -0.1) is 0 Å². The lowest BCUT2D eigenvalue weighted by molar-refractivity contribution is 0.0883. The van der Waals surface area contributed by atoms with E-state index in [1.807, 2.05) is 6.20 Å². The lowest BCUT2D eigenvalue weighted by atomic mass is 9.94. The molecule has 2 aliphatic rings. The molecule has 0 saturated heterocycles. The van der Waals surface area contributed by atoms with Gasteiger partial charge in [0.05, 0.1) is 0 Å². The van der Waals surface area contributed by atoms with Crippen LogP contribution in [0.25, 0.3) is 10.9 Å². The van der Waals surface area contributed by atoms with Crippen LogP contribution in [0.4, 0.5) is 0 Å². The van der Waals surface area contributed by atoms with Gasteiger partial charge in [-0.05, 0) is 17.7 Å². The molecule has 1 aromatic heterocycles. The summed E-state index contributed by atoms with van der Waals surface area (Å²) in [5.41, 5.74) is 3.90. The number of nitrogens with one attached hydrogen (secondary N) is 1. The second-order valence-electron chi connectivity index (χ2n) is 3.87. The lowest BCUT2D eigenvalue weighted by Gasteiger charge is -2.07. The van der Waals surface area contributed by atoms with Gasteiger partial charge in [-0.1, -0.05) is 18.2 Å². The summed E-state index contributed by atoms with van der Waals surface area (Å²) in [5.74, 6) is 0. The van der Waals surface area contributed by atoms with Crippen molar-refractivity contribution in [1.82, 2.24) is 4.98 Å². The minimum atomic E-state index is 0.189. The van der Waals surface area contributed by atoms with Gasteiger partial charge in [-0.25, -0.2) is 0 Å². The zero-order valence-electron chi connectivity index (χ0n) is 7.53. The van der Waals surface area contributed by atoms with Crippen LogP contribution in [0.15, 0.2) is 36.5 Å². The molecule has 2 aromatic rings. The van der Waals surface area contributed by atoms with E-state index in [9.17, 15) is 0 Å². The quantitative estimate of drug-likeness (QED) is 0.624. The van der Waals surface area contributed by atoms with Gasteiger partial charge in [-0.2, -0.15) is 0 Å². The summed E-state index contributed by atoms with van der Waals surface area (Å²) in [6.07, 6.45) is 6.68. The van der Waals surface area contributed by atoms with E-state index in [0.717, 1.165) is 0 Å². The van der Waals surface area contributed by atoms with Crippen LogP contribution in [-0.2, 0) is 4.74 Å². The minimum absolute atomic E-state index is 0.189. The Morgan fingerprint density at radius 3 is 3.00 bits per heavy atom. The van der Waals surface area contributed by atoms with E-state index in [0.29, 0.717) is 0 Å². The van der Waals surface area contributed by atoms with Crippen LogP contribution in [0.1, 0.15) is 23.3 Å². The van der Waals surface area contributed by atoms with Crippen molar-refractivity contribution in [3.8, 4) is 0 Å². The van der Waals surface area contributed by atoms with E-state index < -0.39 is 0 Å². The van der Waals surface area contributed by atoms with E-state index >= 15 is 0 Å². The largest absolute Gasteiger partial charge is 0.361 e. The molecule has 14 heavy (non-hydrogen) atoms. The molecule has 0 spiro atoms. The maximum Gasteiger partial charge on any atom is 0.103 e. The van der Waals surface area contributed by atoms with Crippen LogP contribution < -0.4 is 0 Å². The number of benzene rings is 1. The van der Waals surface area contributed by atoms with Crippen LogP contribution in [0, 0.1) is 0 Å². The number of H-pyrrole nitrogens is 1. The average molecular weight is 183 g/mol. The van der Waals surface area contributed by atoms with Crippen molar-refractivity contribution in [2.45, 2.75) is 12.2 Å². The molecule has 0 saturated carbocycles. The summed E-state index contributed by atoms with van der Waals surface area (Å²) >= 11 is 0. The predicted molar refractivity (Wildman–Crippen MR) is 54.0 cm³/mol. The highest BCUT2D eigenvalue weighted by Gasteiger charge is 2.34. The van der Waals surface area contributed by atoms with Crippen LogP contribution in [0.2, 0.25) is 0 Å². The monoisotopic (exact) mass is 183 g/mol. The number of hydrogen-bond donors (Lipinski definition) is 1. The van der Waals surface area contributed by atoms with Crippen LogP contribution in [-0.4, -0.2) is 4.98 Å². The van der Waals surface area contributed by atoms with E-state index in [4.69, 9.17) is 4.74 Å². The maximum atomic E-state index is 5.80. The first-order valence-electron chi connectivity index (χ1n) is 4.87. The topological polar surface area (TPSA) is 25.0 Å². The van der Waals surface area contributed by atoms with Crippen LogP contribution in [0.3, 0.4) is 0 Å². The molecule has 3 heterocycles. The van der Waals surface area contributed by atoms with Gasteiger partial charge in [0.25, 0.3) is 0 Å². The number of aromatic nitrogens is 1. The average Bonchev–Trinajstić information content (AvgIpc) is 2.92. The fourth-order valence-electron chi connectivity index (χ4n) is 2.53. The van der Waals surface area contributed by atoms with Gasteiger partial charge in [0, 0.05) is 22.7 Å². The molecule has 0 radical (unpaired) electrons. The fraction of sp³-hybridized carbons (Fsp3) is 0.167. The molecule has 2 heteroatoms. The Balaban J connectivity index is 2.18. The van der Waals surface area contributed by atoms with Gasteiger partial charge in [-0.3, -0.25) is 0 Å². The second-order valence-corrected chi connectivity index (χ2v) is 3.87. The van der Waals surface area contributed by atoms with Crippen molar-refractivity contribution in [2.75, 3.05) is 0 Å². The first kappa shape index (κ1) is 6.85. The Morgan fingerprint density at radius 2 is 2.00 bits per heavy atom. The zero-order valence-corrected chi connectivity index (χ0v) is 7.53. The predicted octanol–water partition coefficient (Wildman–Crippen LogP) is 2.85. The van der Waals surface area contributed by atoms with Crippen molar-refractivity contribution in [1.29, 1.82) is 0 Å². The molecule has 4 rings (SSSR count). The molecule has 68 valence electrons. The molecular formula is C12H9NO. The second kappa shape index (κ2) is 2.10. The summed E-state index contributed by atoms with van der Waals surface area (Å²) < 4.78 is 5.80. The van der Waals surface area contributed by atoms with Gasteiger partial charge in [0.15, 0.2) is 0 Å². The Hall–Kier alpha value is -1.54. The van der Waals surface area contributed by atoms with E-state index in [2.05, 4.69) is 35.3 Å². The van der Waals surface area contributed by atoms with Gasteiger partial charge < -0.3 is 9.72 Å². The van der Waals surface area contributed by atoms with Crippen molar-refractivity contribution in [3.63, 3.8) is 0 Å². The molecule has 2 nitrogen and oxygen atoms in total. The highest BCUT2D eigenvalue weighted by molar-refractivity contribution is 5.86. The van der Waals surface area contributed by atoms with Crippen molar-refractivity contribution in [3.05, 3.63) is 47.7 Å². The first-order chi connectivity index (χ1) is 6.93. The summed E-state index contributed by atoms with van der Waals surface area (Å²) in [6, 6.07) is 6.43. The van der Waals surface area contributed by atoms with Crippen molar-refractivity contribution < 1.29 is 4.74 Å². The maximum absolute atomic E-state index is 5.80. The smallest absolute Gasteiger partial charge is 0.103 e. The first-order valence-corrected chi connectivity index (χ1v) is 4.87. The van der Waals surface area contributed by atoms with Crippen LogP contribution >= 0.6 is 0 Å². The molecule has 2 bridgehead atoms. The third-order valence-corrected chi connectivity index (χ3v) is 3.15. The highest BCUT2D eigenvalue weighted by atomic mass is 16.5. The third-order valence-electron chi connectivity index (χ3n) is 3.15. The molecule has 0 aliphatic carbocycles. The highest BCUT2D eigenvalue weighted by Crippen LogP contribution is 2.48. The standard InChI is InChI=1S/C12H9NO/c1-2-9-7(5-6-13-9)12-8(1)10-3-4-11(12)14-10/h1-6,10-11,13H/t10-,11+/m1/s1. The van der Waals surface area contributed by atoms with E-state index in [-0.39, 0.29) is 12.2 Å². The molecule has 2 atom stereocenters. The Bertz CT molecular complexity index is 552. The molecular weight excluding hydrogens is 174 g/mol. The minimum Gasteiger partial charge on any atom is -0.361 e. The van der Waals surface area contributed by atoms with Gasteiger partial charge in [0.1, 0.15) is 12.2 Å². The third kappa shape index (κ3) is 0.633. The Kier molecular flexibility index (Phi) is 1.02. The molecule has 1 aromatic carbocycles. The number of ether oxygens (including phenoxy) is 1. The van der Waals surface area contributed by atoms with Gasteiger partial charge in [0.2, 0.25) is 0 Å². The summed E-state index contributed by atoms with van der Waals surface area (Å²) in [4.78, 5) is 3.23. The molecule has 1 N–H and O–H groups in total. The molecule has 2 aliphatic heterocycles. The molecule has 0 fully saturated rings. The normalized spacial score (nSPS) is 27.4. The summed E-state index contributed by atoms with van der Waals surface area (Å²) in [7, 11) is 0. The van der Waals surface area contributed by atoms with Crippen LogP contribution in [0.5, 0.6) is 0 Å². The zero-order chi connectivity index (χ0) is 9.12. The number of aromatic amines is 1. The fourth-order valence-corrected chi connectivity index (χ4v) is 2.53.